The second kappa shape index (κ2) is 10.2. The van der Waals surface area contributed by atoms with Gasteiger partial charge in [0, 0.05) is 35.2 Å². The number of carboxylic acid groups (broad SMARTS) is 1. The van der Waals surface area contributed by atoms with Crippen LogP contribution in [0.5, 0.6) is 11.5 Å². The zero-order valence-electron chi connectivity index (χ0n) is 15.5. The number of nitrogens with one attached hydrogen (secondary N) is 1. The fraction of sp³-hybridized carbons (Fsp3) is 0.190. The van der Waals surface area contributed by atoms with Crippen LogP contribution >= 0.6 is 11.3 Å². The van der Waals surface area contributed by atoms with E-state index >= 15 is 0 Å². The van der Waals surface area contributed by atoms with Crippen molar-refractivity contribution in [3.8, 4) is 11.5 Å². The number of rotatable bonds is 6. The third kappa shape index (κ3) is 5.55. The minimum Gasteiger partial charge on any atom is -0.490 e. The quantitative estimate of drug-likeness (QED) is 0.472. The summed E-state index contributed by atoms with van der Waals surface area (Å²) in [5.41, 5.74) is 3.70. The molecular weight excluding hydrogens is 392 g/mol. The van der Waals surface area contributed by atoms with E-state index in [0.29, 0.717) is 25.4 Å². The SMILES string of the molecule is O=C1CC(c2cncs2)c2ccc(OCCOc3ccccc3)cc2N1.O=CO. The fourth-order valence-corrected chi connectivity index (χ4v) is 3.76. The van der Waals surface area contributed by atoms with Crippen LogP contribution in [0.1, 0.15) is 22.8 Å². The molecular formula is C21H20N2O5S. The van der Waals surface area contributed by atoms with E-state index in [0.717, 1.165) is 21.9 Å². The predicted molar refractivity (Wildman–Crippen MR) is 110 cm³/mol. The molecule has 0 bridgehead atoms. The monoisotopic (exact) mass is 412 g/mol. The van der Waals surface area contributed by atoms with Crippen LogP contribution in [0, 0.1) is 0 Å². The number of para-hydroxylation sites is 1. The van der Waals surface area contributed by atoms with Gasteiger partial charge in [-0.2, -0.15) is 0 Å². The van der Waals surface area contributed by atoms with Gasteiger partial charge in [-0.3, -0.25) is 14.6 Å². The Morgan fingerprint density at radius 3 is 2.55 bits per heavy atom. The van der Waals surface area contributed by atoms with Crippen molar-refractivity contribution < 1.29 is 24.2 Å². The average molecular weight is 412 g/mol. The van der Waals surface area contributed by atoms with Crippen molar-refractivity contribution in [1.82, 2.24) is 4.98 Å². The van der Waals surface area contributed by atoms with E-state index in [9.17, 15) is 4.79 Å². The minimum absolute atomic E-state index is 0.0143. The number of thiazole rings is 1. The molecule has 4 rings (SSSR count). The highest BCUT2D eigenvalue weighted by molar-refractivity contribution is 7.09. The van der Waals surface area contributed by atoms with Crippen LogP contribution in [0.25, 0.3) is 0 Å². The van der Waals surface area contributed by atoms with Gasteiger partial charge in [-0.05, 0) is 23.8 Å². The third-order valence-electron chi connectivity index (χ3n) is 4.22. The van der Waals surface area contributed by atoms with Crippen molar-refractivity contribution in [2.75, 3.05) is 18.5 Å². The Bertz CT molecular complexity index is 932. The van der Waals surface area contributed by atoms with Gasteiger partial charge in [-0.15, -0.1) is 11.3 Å². The smallest absolute Gasteiger partial charge is 0.290 e. The number of carbonyl (C=O) groups is 2. The van der Waals surface area contributed by atoms with Crippen LogP contribution in [-0.4, -0.2) is 35.7 Å². The topological polar surface area (TPSA) is 97.8 Å². The van der Waals surface area contributed by atoms with E-state index in [1.165, 1.54) is 0 Å². The van der Waals surface area contributed by atoms with Gasteiger partial charge >= 0.3 is 0 Å². The maximum Gasteiger partial charge on any atom is 0.290 e. The van der Waals surface area contributed by atoms with E-state index in [2.05, 4.69) is 10.3 Å². The molecule has 1 unspecified atom stereocenters. The number of benzene rings is 2. The minimum atomic E-state index is -0.250. The molecule has 1 atom stereocenters. The van der Waals surface area contributed by atoms with Crippen LogP contribution < -0.4 is 14.8 Å². The standard InChI is InChI=1S/C20H18N2O3S.CH2O2/c23-20-11-17(19-12-21-13-26-19)16-7-6-15(10-18(16)22-20)25-9-8-24-14-4-2-1-3-5-14;2-1-3/h1-7,10,12-13,17H,8-9,11H2,(H,22,23);1H,(H,2,3). The Kier molecular flexibility index (Phi) is 7.18. The number of hydrogen-bond donors (Lipinski definition) is 2. The Morgan fingerprint density at radius 1 is 1.14 bits per heavy atom. The first-order valence-electron chi connectivity index (χ1n) is 8.92. The van der Waals surface area contributed by atoms with Crippen LogP contribution in [0.15, 0.2) is 60.2 Å². The van der Waals surface area contributed by atoms with Crippen molar-refractivity contribution in [3.63, 3.8) is 0 Å². The van der Waals surface area contributed by atoms with Gasteiger partial charge in [0.2, 0.25) is 5.91 Å². The fourth-order valence-electron chi connectivity index (χ4n) is 3.02. The van der Waals surface area contributed by atoms with Crippen LogP contribution in [0.4, 0.5) is 5.69 Å². The van der Waals surface area contributed by atoms with E-state index in [1.54, 1.807) is 16.8 Å². The molecule has 2 N–H and O–H groups in total. The van der Waals surface area contributed by atoms with E-state index in [-0.39, 0.29) is 18.3 Å². The lowest BCUT2D eigenvalue weighted by molar-refractivity contribution is -0.123. The summed E-state index contributed by atoms with van der Waals surface area (Å²) in [7, 11) is 0. The summed E-state index contributed by atoms with van der Waals surface area (Å²) < 4.78 is 11.4. The first-order valence-corrected chi connectivity index (χ1v) is 9.80. The molecule has 29 heavy (non-hydrogen) atoms. The van der Waals surface area contributed by atoms with Crippen molar-refractivity contribution in [1.29, 1.82) is 0 Å². The highest BCUT2D eigenvalue weighted by atomic mass is 32.1. The Hall–Kier alpha value is -3.39. The van der Waals surface area contributed by atoms with Gasteiger partial charge in [-0.1, -0.05) is 24.3 Å². The number of nitrogens with zero attached hydrogens (tertiary/aromatic N) is 1. The summed E-state index contributed by atoms with van der Waals surface area (Å²) in [6, 6.07) is 15.5. The Labute approximate surface area is 171 Å². The zero-order chi connectivity index (χ0) is 20.5. The molecule has 150 valence electrons. The van der Waals surface area contributed by atoms with Gasteiger partial charge < -0.3 is 19.9 Å². The molecule has 0 fully saturated rings. The number of anilines is 1. The average Bonchev–Trinajstić information content (AvgIpc) is 3.26. The normalized spacial score (nSPS) is 14.6. The number of aromatic nitrogens is 1. The number of amides is 1. The molecule has 3 aromatic rings. The summed E-state index contributed by atoms with van der Waals surface area (Å²) in [6.45, 7) is 0.636. The second-order valence-corrected chi connectivity index (χ2v) is 6.99. The number of ether oxygens (including phenoxy) is 2. The van der Waals surface area contributed by atoms with E-state index in [4.69, 9.17) is 19.4 Å². The van der Waals surface area contributed by atoms with Crippen molar-refractivity contribution >= 4 is 29.4 Å². The van der Waals surface area contributed by atoms with Gasteiger partial charge in [-0.25, -0.2) is 0 Å². The van der Waals surface area contributed by atoms with Crippen molar-refractivity contribution in [2.45, 2.75) is 12.3 Å². The molecule has 0 radical (unpaired) electrons. The molecule has 0 saturated heterocycles. The first kappa shape index (κ1) is 20.3. The van der Waals surface area contributed by atoms with Crippen LogP contribution in [0.2, 0.25) is 0 Å². The summed E-state index contributed by atoms with van der Waals surface area (Å²) in [4.78, 5) is 25.7. The Balaban J connectivity index is 0.000000755. The second-order valence-electron chi connectivity index (χ2n) is 6.07. The highest BCUT2D eigenvalue weighted by Gasteiger charge is 2.27. The Morgan fingerprint density at radius 2 is 1.86 bits per heavy atom. The molecule has 1 aliphatic rings. The molecule has 2 heterocycles. The number of carbonyl (C=O) groups excluding carboxylic acids is 1. The van der Waals surface area contributed by atoms with E-state index < -0.39 is 0 Å². The van der Waals surface area contributed by atoms with E-state index in [1.807, 2.05) is 54.7 Å². The third-order valence-corrected chi connectivity index (χ3v) is 5.11. The lowest BCUT2D eigenvalue weighted by Crippen LogP contribution is -2.23. The van der Waals surface area contributed by atoms with Crippen molar-refractivity contribution in [3.05, 3.63) is 70.7 Å². The highest BCUT2D eigenvalue weighted by Crippen LogP contribution is 2.39. The molecule has 1 aromatic heterocycles. The number of fused-ring (bicyclic) bond motifs is 1. The summed E-state index contributed by atoms with van der Waals surface area (Å²) in [6.07, 6.45) is 2.28. The van der Waals surface area contributed by atoms with Crippen LogP contribution in [0.3, 0.4) is 0 Å². The lowest BCUT2D eigenvalue weighted by atomic mass is 9.89. The molecule has 2 aromatic carbocycles. The maximum atomic E-state index is 12.1. The van der Waals surface area contributed by atoms with Crippen molar-refractivity contribution in [2.24, 2.45) is 0 Å². The molecule has 0 saturated carbocycles. The molecule has 7 nitrogen and oxygen atoms in total. The molecule has 0 aliphatic carbocycles. The summed E-state index contributed by atoms with van der Waals surface area (Å²) in [5.74, 6) is 1.61. The van der Waals surface area contributed by atoms with Crippen LogP contribution in [-0.2, 0) is 9.59 Å². The molecule has 1 amide bonds. The van der Waals surface area contributed by atoms with Gasteiger partial charge in [0.15, 0.2) is 0 Å². The largest absolute Gasteiger partial charge is 0.490 e. The molecule has 8 heteroatoms. The number of hydrogen-bond acceptors (Lipinski definition) is 6. The lowest BCUT2D eigenvalue weighted by Gasteiger charge is -2.25. The predicted octanol–water partition coefficient (Wildman–Crippen LogP) is 3.78. The van der Waals surface area contributed by atoms with Gasteiger partial charge in [0.25, 0.3) is 6.47 Å². The zero-order valence-corrected chi connectivity index (χ0v) is 16.3. The maximum absolute atomic E-state index is 12.1. The molecule has 0 spiro atoms. The first-order chi connectivity index (χ1) is 14.2. The van der Waals surface area contributed by atoms with Gasteiger partial charge in [0.05, 0.1) is 5.51 Å². The summed E-state index contributed by atoms with van der Waals surface area (Å²) >= 11 is 1.58. The summed E-state index contributed by atoms with van der Waals surface area (Å²) in [5, 5.41) is 9.83. The van der Waals surface area contributed by atoms with Gasteiger partial charge in [0.1, 0.15) is 24.7 Å². The molecule has 1 aliphatic heterocycles.